The first kappa shape index (κ1) is 19.2. The van der Waals surface area contributed by atoms with Crippen molar-refractivity contribution in [2.75, 3.05) is 18.0 Å². The fourth-order valence-corrected chi connectivity index (χ4v) is 3.41. The number of primary amides is 1. The second kappa shape index (κ2) is 8.00. The smallest absolute Gasteiger partial charge is 0.404 e. The highest BCUT2D eigenvalue weighted by Crippen LogP contribution is 2.21. The Kier molecular flexibility index (Phi) is 5.49. The lowest BCUT2D eigenvalue weighted by atomic mass is 10.1. The van der Waals surface area contributed by atoms with Crippen molar-refractivity contribution in [2.45, 2.75) is 25.5 Å². The summed E-state index contributed by atoms with van der Waals surface area (Å²) in [5, 5.41) is 9.34. The van der Waals surface area contributed by atoms with E-state index in [4.69, 9.17) is 10.5 Å². The molecular weight excluding hydrogens is 362 g/mol. The zero-order chi connectivity index (χ0) is 20.3. The van der Waals surface area contributed by atoms with Crippen LogP contribution in [-0.4, -0.2) is 34.4 Å². The van der Waals surface area contributed by atoms with Gasteiger partial charge in [-0.05, 0) is 24.5 Å². The van der Waals surface area contributed by atoms with Crippen LogP contribution in [0.5, 0.6) is 0 Å². The van der Waals surface area contributed by atoms with Gasteiger partial charge in [0.1, 0.15) is 11.9 Å². The summed E-state index contributed by atoms with van der Waals surface area (Å²) in [6.07, 6.45) is 0.114. The highest BCUT2D eigenvalue weighted by atomic mass is 16.6. The molecule has 1 amide bonds. The summed E-state index contributed by atoms with van der Waals surface area (Å²) in [7, 11) is 1.41. The van der Waals surface area contributed by atoms with Crippen LogP contribution in [-0.2, 0) is 18.3 Å². The first-order valence-electron chi connectivity index (χ1n) is 8.90. The first-order chi connectivity index (χ1) is 13.4. The van der Waals surface area contributed by atoms with E-state index in [2.05, 4.69) is 6.07 Å². The maximum absolute atomic E-state index is 12.8. The molecule has 1 atom stereocenters. The Hall–Kier alpha value is -3.54. The van der Waals surface area contributed by atoms with Gasteiger partial charge in [-0.2, -0.15) is 5.26 Å². The Morgan fingerprint density at radius 2 is 2.11 bits per heavy atom. The zero-order valence-electron chi connectivity index (χ0n) is 15.5. The van der Waals surface area contributed by atoms with Gasteiger partial charge in [0, 0.05) is 19.7 Å². The number of carbonyl (C=O) groups is 1. The lowest BCUT2D eigenvalue weighted by molar-refractivity contribution is 0.0962. The summed E-state index contributed by atoms with van der Waals surface area (Å²) >= 11 is 0. The van der Waals surface area contributed by atoms with E-state index in [0.29, 0.717) is 36.5 Å². The van der Waals surface area contributed by atoms with E-state index in [-0.39, 0.29) is 6.54 Å². The molecule has 1 unspecified atom stereocenters. The van der Waals surface area contributed by atoms with E-state index in [0.717, 1.165) is 11.0 Å². The van der Waals surface area contributed by atoms with Gasteiger partial charge in [0.15, 0.2) is 0 Å². The fraction of sp³-hybridized carbons (Fsp3) is 0.368. The number of nitriles is 1. The van der Waals surface area contributed by atoms with Crippen LogP contribution in [0.1, 0.15) is 24.0 Å². The lowest BCUT2D eigenvalue weighted by Crippen LogP contribution is -2.46. The Morgan fingerprint density at radius 1 is 1.36 bits per heavy atom. The van der Waals surface area contributed by atoms with Crippen LogP contribution in [0.3, 0.4) is 0 Å². The van der Waals surface area contributed by atoms with E-state index in [1.807, 2.05) is 4.90 Å². The minimum absolute atomic E-state index is 0.143. The average molecular weight is 383 g/mol. The predicted molar refractivity (Wildman–Crippen MR) is 102 cm³/mol. The highest BCUT2D eigenvalue weighted by molar-refractivity contribution is 5.65. The number of hydrogen-bond donors (Lipinski definition) is 1. The van der Waals surface area contributed by atoms with Gasteiger partial charge in [-0.15, -0.1) is 0 Å². The maximum atomic E-state index is 12.8. The molecule has 2 N–H and O–H groups in total. The van der Waals surface area contributed by atoms with Gasteiger partial charge in [-0.25, -0.2) is 9.59 Å². The zero-order valence-corrected chi connectivity index (χ0v) is 15.5. The summed E-state index contributed by atoms with van der Waals surface area (Å²) in [4.78, 5) is 38.0. The molecule has 2 aromatic rings. The minimum Gasteiger partial charge on any atom is -0.445 e. The van der Waals surface area contributed by atoms with Crippen LogP contribution in [0.25, 0.3) is 0 Å². The van der Waals surface area contributed by atoms with Gasteiger partial charge in [0.25, 0.3) is 5.56 Å². The molecule has 1 fully saturated rings. The molecule has 0 saturated carbocycles. The van der Waals surface area contributed by atoms with Crippen molar-refractivity contribution < 1.29 is 9.53 Å². The first-order valence-corrected chi connectivity index (χ1v) is 8.90. The Balaban J connectivity index is 2.04. The molecular formula is C19H21N5O4. The second-order valence-electron chi connectivity index (χ2n) is 6.68. The number of piperidine rings is 1. The Bertz CT molecular complexity index is 1050. The van der Waals surface area contributed by atoms with Gasteiger partial charge in [0.2, 0.25) is 0 Å². The average Bonchev–Trinajstić information content (AvgIpc) is 2.68. The van der Waals surface area contributed by atoms with Crippen LogP contribution in [0.2, 0.25) is 0 Å². The summed E-state index contributed by atoms with van der Waals surface area (Å²) in [5.74, 6) is 0.429. The minimum atomic E-state index is -0.851. The molecule has 0 bridgehead atoms. The largest absolute Gasteiger partial charge is 0.445 e. The third-order valence-electron chi connectivity index (χ3n) is 4.83. The van der Waals surface area contributed by atoms with E-state index in [1.165, 1.54) is 17.7 Å². The topological polar surface area (TPSA) is 123 Å². The molecule has 1 aromatic heterocycles. The van der Waals surface area contributed by atoms with Crippen molar-refractivity contribution in [1.82, 2.24) is 9.13 Å². The number of carbonyl (C=O) groups excluding carboxylic acids is 1. The molecule has 1 saturated heterocycles. The summed E-state index contributed by atoms with van der Waals surface area (Å²) in [6, 6.07) is 10.5. The predicted octanol–water partition coefficient (Wildman–Crippen LogP) is 0.531. The highest BCUT2D eigenvalue weighted by Gasteiger charge is 2.25. The van der Waals surface area contributed by atoms with Crippen molar-refractivity contribution in [3.63, 3.8) is 0 Å². The fourth-order valence-electron chi connectivity index (χ4n) is 3.41. The number of rotatable bonds is 4. The molecule has 1 aliphatic rings. The van der Waals surface area contributed by atoms with Crippen LogP contribution in [0, 0.1) is 11.3 Å². The molecule has 9 nitrogen and oxygen atoms in total. The van der Waals surface area contributed by atoms with E-state index in [1.54, 1.807) is 24.3 Å². The molecule has 1 aromatic carbocycles. The van der Waals surface area contributed by atoms with Gasteiger partial charge < -0.3 is 15.4 Å². The number of nitrogens with two attached hydrogens (primary N) is 1. The molecule has 3 rings (SSSR count). The van der Waals surface area contributed by atoms with Gasteiger partial charge in [-0.3, -0.25) is 13.9 Å². The van der Waals surface area contributed by atoms with E-state index >= 15 is 0 Å². The van der Waals surface area contributed by atoms with Crippen molar-refractivity contribution in [3.8, 4) is 6.07 Å². The molecule has 0 spiro atoms. The van der Waals surface area contributed by atoms with Gasteiger partial charge in [0.05, 0.1) is 24.7 Å². The van der Waals surface area contributed by atoms with Crippen LogP contribution in [0.4, 0.5) is 10.6 Å². The number of anilines is 1. The second-order valence-corrected chi connectivity index (χ2v) is 6.68. The van der Waals surface area contributed by atoms with Gasteiger partial charge >= 0.3 is 11.8 Å². The van der Waals surface area contributed by atoms with Crippen molar-refractivity contribution in [3.05, 3.63) is 62.3 Å². The third kappa shape index (κ3) is 3.91. The third-order valence-corrected chi connectivity index (χ3v) is 4.83. The molecule has 28 heavy (non-hydrogen) atoms. The molecule has 0 radical (unpaired) electrons. The number of aromatic nitrogens is 2. The van der Waals surface area contributed by atoms with Crippen molar-refractivity contribution >= 4 is 11.9 Å². The van der Waals surface area contributed by atoms with Crippen molar-refractivity contribution in [1.29, 1.82) is 5.26 Å². The summed E-state index contributed by atoms with van der Waals surface area (Å²) < 4.78 is 7.60. The van der Waals surface area contributed by atoms with Gasteiger partial charge in [-0.1, -0.05) is 18.2 Å². The molecule has 0 aliphatic carbocycles. The number of amides is 1. The normalized spacial score (nSPS) is 16.4. The molecule has 2 heterocycles. The van der Waals surface area contributed by atoms with Crippen LogP contribution < -0.4 is 21.9 Å². The van der Waals surface area contributed by atoms with E-state index in [9.17, 15) is 19.6 Å². The summed E-state index contributed by atoms with van der Waals surface area (Å²) in [6.45, 7) is 1.07. The molecule has 9 heteroatoms. The summed E-state index contributed by atoms with van der Waals surface area (Å²) in [5.41, 5.74) is 5.35. The number of hydrogen-bond acceptors (Lipinski definition) is 6. The standard InChI is InChI=1S/C19H21N5O4/c1-22-17(25)9-16(23-8-4-7-15(12-23)28-18(21)26)24(19(22)27)11-14-6-3-2-5-13(14)10-20/h2-3,5-6,9,15H,4,7-8,11-12H2,1H3,(H2,21,26). The van der Waals surface area contributed by atoms with Crippen LogP contribution >= 0.6 is 0 Å². The lowest BCUT2D eigenvalue weighted by Gasteiger charge is -2.34. The SMILES string of the molecule is Cn1c(=O)cc(N2CCCC(OC(N)=O)C2)n(Cc2ccccc2C#N)c1=O. The van der Waals surface area contributed by atoms with Crippen molar-refractivity contribution in [2.24, 2.45) is 12.8 Å². The van der Waals surface area contributed by atoms with E-state index < -0.39 is 23.4 Å². The molecule has 1 aliphatic heterocycles. The Labute approximate surface area is 161 Å². The maximum Gasteiger partial charge on any atom is 0.404 e. The number of ether oxygens (including phenoxy) is 1. The molecule has 146 valence electrons. The van der Waals surface area contributed by atoms with Crippen LogP contribution in [0.15, 0.2) is 39.9 Å². The Morgan fingerprint density at radius 3 is 2.82 bits per heavy atom. The monoisotopic (exact) mass is 383 g/mol. The quantitative estimate of drug-likeness (QED) is 0.821. The number of nitrogens with zero attached hydrogens (tertiary/aromatic N) is 4. The number of benzene rings is 1.